The highest BCUT2D eigenvalue weighted by Gasteiger charge is 2.21. The second kappa shape index (κ2) is 7.75. The molecule has 27 heavy (non-hydrogen) atoms. The summed E-state index contributed by atoms with van der Waals surface area (Å²) in [7, 11) is 0. The average Bonchev–Trinajstić information content (AvgIpc) is 3.43. The number of thiophene rings is 1. The first-order valence-electron chi connectivity index (χ1n) is 9.00. The molecule has 0 spiro atoms. The number of rotatable bonds is 5. The molecule has 3 aromatic rings. The van der Waals surface area contributed by atoms with Crippen molar-refractivity contribution in [3.63, 3.8) is 0 Å². The third-order valence-corrected chi connectivity index (χ3v) is 5.58. The van der Waals surface area contributed by atoms with Crippen LogP contribution in [0.2, 0.25) is 0 Å². The van der Waals surface area contributed by atoms with Crippen LogP contribution in [0.5, 0.6) is 0 Å². The van der Waals surface area contributed by atoms with Crippen LogP contribution in [-0.2, 0) is 0 Å². The van der Waals surface area contributed by atoms with E-state index in [4.69, 9.17) is 0 Å². The molecule has 0 saturated heterocycles. The Kier molecular flexibility index (Phi) is 5.02. The molecular weight excluding hydrogens is 360 g/mol. The maximum Gasteiger partial charge on any atom is 0.265 e. The molecule has 1 fully saturated rings. The lowest BCUT2D eigenvalue weighted by molar-refractivity contribution is 0.101. The zero-order valence-corrected chi connectivity index (χ0v) is 15.5. The lowest BCUT2D eigenvalue weighted by Crippen LogP contribution is -2.18. The number of carbonyl (C=O) groups excluding carboxylic acids is 2. The van der Waals surface area contributed by atoms with E-state index in [2.05, 4.69) is 15.7 Å². The maximum atomic E-state index is 12.7. The number of nitrogens with one attached hydrogen (secondary N) is 2. The minimum absolute atomic E-state index is 0.179. The predicted octanol–water partition coefficient (Wildman–Crippen LogP) is 4.56. The first kappa shape index (κ1) is 17.5. The van der Waals surface area contributed by atoms with Crippen LogP contribution in [0.15, 0.2) is 54.0 Å². The van der Waals surface area contributed by atoms with Gasteiger partial charge < -0.3 is 10.6 Å². The van der Waals surface area contributed by atoms with Gasteiger partial charge in [-0.15, -0.1) is 11.3 Å². The highest BCUT2D eigenvalue weighted by Crippen LogP contribution is 2.31. The Labute approximate surface area is 161 Å². The van der Waals surface area contributed by atoms with Crippen molar-refractivity contribution in [2.24, 2.45) is 0 Å². The summed E-state index contributed by atoms with van der Waals surface area (Å²) >= 11 is 1.38. The van der Waals surface area contributed by atoms with Crippen molar-refractivity contribution in [1.29, 1.82) is 0 Å². The minimum Gasteiger partial charge on any atom is -0.321 e. The zero-order valence-electron chi connectivity index (χ0n) is 14.7. The van der Waals surface area contributed by atoms with Crippen LogP contribution in [0, 0.1) is 0 Å². The standard InChI is InChI=1S/C20H20N4O2S/c25-19(23-18-10-11-21-24(18)16-7-1-2-8-16)14-5-3-6-15(13-14)22-20(26)17-9-4-12-27-17/h3-6,9-13,16H,1-2,7-8H2,(H,22,26)(H,23,25). The molecule has 0 radical (unpaired) electrons. The van der Waals surface area contributed by atoms with E-state index in [0.29, 0.717) is 28.0 Å². The number of aromatic nitrogens is 2. The van der Waals surface area contributed by atoms with Gasteiger partial charge in [0.05, 0.1) is 17.1 Å². The zero-order chi connectivity index (χ0) is 18.6. The number of amides is 2. The van der Waals surface area contributed by atoms with Gasteiger partial charge in [-0.25, -0.2) is 4.68 Å². The normalized spacial score (nSPS) is 14.2. The number of nitrogens with zero attached hydrogens (tertiary/aromatic N) is 2. The van der Waals surface area contributed by atoms with Gasteiger partial charge in [-0.1, -0.05) is 25.0 Å². The van der Waals surface area contributed by atoms with Crippen LogP contribution in [0.4, 0.5) is 11.5 Å². The summed E-state index contributed by atoms with van der Waals surface area (Å²) < 4.78 is 1.91. The molecule has 6 nitrogen and oxygen atoms in total. The van der Waals surface area contributed by atoms with Gasteiger partial charge in [0.15, 0.2) is 0 Å². The quantitative estimate of drug-likeness (QED) is 0.681. The van der Waals surface area contributed by atoms with E-state index < -0.39 is 0 Å². The summed E-state index contributed by atoms with van der Waals surface area (Å²) in [6.45, 7) is 0. The number of benzene rings is 1. The second-order valence-corrected chi connectivity index (χ2v) is 7.51. The highest BCUT2D eigenvalue weighted by atomic mass is 32.1. The topological polar surface area (TPSA) is 76.0 Å². The molecule has 1 aromatic carbocycles. The summed E-state index contributed by atoms with van der Waals surface area (Å²) in [6, 6.07) is 12.7. The van der Waals surface area contributed by atoms with E-state index >= 15 is 0 Å². The summed E-state index contributed by atoms with van der Waals surface area (Å²) in [5, 5.41) is 12.0. The predicted molar refractivity (Wildman–Crippen MR) is 106 cm³/mol. The molecule has 4 rings (SSSR count). The molecule has 138 valence electrons. The molecule has 1 aliphatic carbocycles. The van der Waals surface area contributed by atoms with Gasteiger partial charge >= 0.3 is 0 Å². The Morgan fingerprint density at radius 3 is 2.67 bits per heavy atom. The van der Waals surface area contributed by atoms with Crippen molar-refractivity contribution < 1.29 is 9.59 Å². The van der Waals surface area contributed by atoms with Gasteiger partial charge in [0.1, 0.15) is 5.82 Å². The lowest BCUT2D eigenvalue weighted by atomic mass is 10.2. The van der Waals surface area contributed by atoms with Crippen LogP contribution < -0.4 is 10.6 Å². The van der Waals surface area contributed by atoms with Crippen molar-refractivity contribution >= 4 is 34.7 Å². The Morgan fingerprint density at radius 1 is 1.04 bits per heavy atom. The Balaban J connectivity index is 1.47. The van der Waals surface area contributed by atoms with Gasteiger partial charge in [-0.3, -0.25) is 9.59 Å². The first-order valence-corrected chi connectivity index (χ1v) is 9.88. The van der Waals surface area contributed by atoms with E-state index in [1.807, 2.05) is 22.2 Å². The Morgan fingerprint density at radius 2 is 1.89 bits per heavy atom. The van der Waals surface area contributed by atoms with Crippen molar-refractivity contribution in [2.45, 2.75) is 31.7 Å². The van der Waals surface area contributed by atoms with Gasteiger partial charge in [0.2, 0.25) is 0 Å². The molecule has 0 unspecified atom stereocenters. The van der Waals surface area contributed by atoms with Crippen LogP contribution in [0.1, 0.15) is 51.8 Å². The SMILES string of the molecule is O=C(Nc1ccnn1C1CCCC1)c1cccc(NC(=O)c2cccs2)c1. The molecule has 0 atom stereocenters. The van der Waals surface area contributed by atoms with Crippen LogP contribution in [0.3, 0.4) is 0 Å². The van der Waals surface area contributed by atoms with E-state index in [0.717, 1.165) is 12.8 Å². The first-order chi connectivity index (χ1) is 13.2. The maximum absolute atomic E-state index is 12.7. The number of hydrogen-bond acceptors (Lipinski definition) is 4. The van der Waals surface area contributed by atoms with Crippen molar-refractivity contribution in [3.05, 3.63) is 64.5 Å². The van der Waals surface area contributed by atoms with Crippen molar-refractivity contribution in [1.82, 2.24) is 9.78 Å². The average molecular weight is 380 g/mol. The van der Waals surface area contributed by atoms with Gasteiger partial charge in [0.25, 0.3) is 11.8 Å². The fourth-order valence-electron chi connectivity index (χ4n) is 3.38. The highest BCUT2D eigenvalue weighted by molar-refractivity contribution is 7.12. The van der Waals surface area contributed by atoms with Crippen LogP contribution in [-0.4, -0.2) is 21.6 Å². The smallest absolute Gasteiger partial charge is 0.265 e. The molecule has 0 aliphatic heterocycles. The summed E-state index contributed by atoms with van der Waals surface area (Å²) in [6.07, 6.45) is 6.29. The molecule has 2 heterocycles. The van der Waals surface area contributed by atoms with Crippen LogP contribution >= 0.6 is 11.3 Å². The molecule has 2 N–H and O–H groups in total. The van der Waals surface area contributed by atoms with E-state index in [1.54, 1.807) is 36.5 Å². The summed E-state index contributed by atoms with van der Waals surface area (Å²) in [5.74, 6) is 0.309. The van der Waals surface area contributed by atoms with E-state index in [-0.39, 0.29) is 11.8 Å². The largest absolute Gasteiger partial charge is 0.321 e. The summed E-state index contributed by atoms with van der Waals surface area (Å²) in [4.78, 5) is 25.5. The van der Waals surface area contributed by atoms with Gasteiger partial charge in [-0.05, 0) is 42.5 Å². The Hall–Kier alpha value is -2.93. The monoisotopic (exact) mass is 380 g/mol. The third-order valence-electron chi connectivity index (χ3n) is 4.71. The lowest BCUT2D eigenvalue weighted by Gasteiger charge is -2.15. The summed E-state index contributed by atoms with van der Waals surface area (Å²) in [5.41, 5.74) is 1.07. The van der Waals surface area contributed by atoms with Crippen molar-refractivity contribution in [2.75, 3.05) is 10.6 Å². The molecule has 0 bridgehead atoms. The third kappa shape index (κ3) is 3.93. The Bertz CT molecular complexity index is 943. The number of hydrogen-bond donors (Lipinski definition) is 2. The molecule has 2 amide bonds. The van der Waals surface area contributed by atoms with Gasteiger partial charge in [-0.2, -0.15) is 5.10 Å². The molecule has 1 aliphatic rings. The molecule has 1 saturated carbocycles. The number of carbonyl (C=O) groups is 2. The second-order valence-electron chi connectivity index (χ2n) is 6.57. The fraction of sp³-hybridized carbons (Fsp3) is 0.250. The molecular formula is C20H20N4O2S. The van der Waals surface area contributed by atoms with E-state index in [9.17, 15) is 9.59 Å². The van der Waals surface area contributed by atoms with E-state index in [1.165, 1.54) is 24.2 Å². The number of anilines is 2. The van der Waals surface area contributed by atoms with Crippen molar-refractivity contribution in [3.8, 4) is 0 Å². The molecule has 2 aromatic heterocycles. The van der Waals surface area contributed by atoms with Crippen LogP contribution in [0.25, 0.3) is 0 Å². The fourth-order valence-corrected chi connectivity index (χ4v) is 4.00. The minimum atomic E-state index is -0.220. The van der Waals surface area contributed by atoms with Gasteiger partial charge in [0, 0.05) is 17.3 Å². The molecule has 7 heteroatoms.